The Morgan fingerprint density at radius 3 is 3.00 bits per heavy atom. The smallest absolute Gasteiger partial charge is 0.0923 e. The number of benzene rings is 1. The van der Waals surface area contributed by atoms with Crippen molar-refractivity contribution in [2.45, 2.75) is 38.1 Å². The summed E-state index contributed by atoms with van der Waals surface area (Å²) >= 11 is 0. The van der Waals surface area contributed by atoms with Crippen molar-refractivity contribution >= 4 is 10.9 Å². The van der Waals surface area contributed by atoms with Crippen LogP contribution < -0.4 is 5.73 Å². The monoisotopic (exact) mass is 215 g/mol. The summed E-state index contributed by atoms with van der Waals surface area (Å²) in [6, 6.07) is 6.48. The van der Waals surface area contributed by atoms with E-state index in [-0.39, 0.29) is 5.54 Å². The minimum absolute atomic E-state index is 0.153. The maximum atomic E-state index is 6.10. The molecule has 0 aliphatic heterocycles. The van der Waals surface area contributed by atoms with Crippen LogP contribution in [0.1, 0.15) is 30.5 Å². The molecule has 0 atom stereocenters. The Morgan fingerprint density at radius 1 is 1.44 bits per heavy atom. The standard InChI is InChI=1S/C13H17N3/c1-9-11-8-10(2-3-12(11)16-15-9)4-5-13(14)6-7-13/h2-3,8H,4-7,14H2,1H3,(H,15,16). The molecule has 1 aromatic carbocycles. The van der Waals surface area contributed by atoms with E-state index in [0.717, 1.165) is 24.1 Å². The van der Waals surface area contributed by atoms with E-state index in [1.54, 1.807) is 0 Å². The second-order valence-corrected chi connectivity index (χ2v) is 5.06. The Kier molecular flexibility index (Phi) is 2.04. The first-order valence-electron chi connectivity index (χ1n) is 5.89. The molecule has 0 spiro atoms. The van der Waals surface area contributed by atoms with Gasteiger partial charge in [0.1, 0.15) is 0 Å². The summed E-state index contributed by atoms with van der Waals surface area (Å²) in [6.07, 6.45) is 4.58. The van der Waals surface area contributed by atoms with Crippen LogP contribution in [-0.4, -0.2) is 15.7 Å². The summed E-state index contributed by atoms with van der Waals surface area (Å²) in [5.74, 6) is 0. The topological polar surface area (TPSA) is 54.7 Å². The van der Waals surface area contributed by atoms with Gasteiger partial charge >= 0.3 is 0 Å². The predicted octanol–water partition coefficient (Wildman–Crippen LogP) is 2.30. The van der Waals surface area contributed by atoms with Crippen molar-refractivity contribution in [3.8, 4) is 0 Å². The summed E-state index contributed by atoms with van der Waals surface area (Å²) in [7, 11) is 0. The number of rotatable bonds is 3. The zero-order chi connectivity index (χ0) is 11.2. The lowest BCUT2D eigenvalue weighted by Gasteiger charge is -2.07. The normalized spacial score (nSPS) is 17.9. The van der Waals surface area contributed by atoms with E-state index >= 15 is 0 Å². The SMILES string of the molecule is Cc1[nH]nc2ccc(CCC3(N)CC3)cc12. The van der Waals surface area contributed by atoms with Crippen molar-refractivity contribution in [1.82, 2.24) is 10.2 Å². The van der Waals surface area contributed by atoms with Crippen LogP contribution >= 0.6 is 0 Å². The van der Waals surface area contributed by atoms with Crippen molar-refractivity contribution < 1.29 is 0 Å². The molecule has 84 valence electrons. The van der Waals surface area contributed by atoms with Crippen LogP contribution in [0.3, 0.4) is 0 Å². The van der Waals surface area contributed by atoms with E-state index in [2.05, 4.69) is 35.3 Å². The first kappa shape index (κ1) is 9.85. The van der Waals surface area contributed by atoms with Gasteiger partial charge < -0.3 is 5.73 Å². The van der Waals surface area contributed by atoms with Crippen molar-refractivity contribution in [3.63, 3.8) is 0 Å². The maximum Gasteiger partial charge on any atom is 0.0923 e. The summed E-state index contributed by atoms with van der Waals surface area (Å²) in [5.41, 5.74) is 9.82. The van der Waals surface area contributed by atoms with Crippen molar-refractivity contribution in [3.05, 3.63) is 29.5 Å². The molecular formula is C13H17N3. The average molecular weight is 215 g/mol. The minimum Gasteiger partial charge on any atom is -0.325 e. The van der Waals surface area contributed by atoms with Gasteiger partial charge in [-0.15, -0.1) is 0 Å². The lowest BCUT2D eigenvalue weighted by Crippen LogP contribution is -2.22. The molecule has 0 saturated heterocycles. The van der Waals surface area contributed by atoms with Gasteiger partial charge in [-0.2, -0.15) is 5.10 Å². The second kappa shape index (κ2) is 3.32. The van der Waals surface area contributed by atoms with Gasteiger partial charge in [0.15, 0.2) is 0 Å². The van der Waals surface area contributed by atoms with Crippen LogP contribution in [0.15, 0.2) is 18.2 Å². The molecule has 1 saturated carbocycles. The van der Waals surface area contributed by atoms with E-state index in [1.807, 2.05) is 0 Å². The van der Waals surface area contributed by atoms with E-state index in [4.69, 9.17) is 5.73 Å². The molecule has 0 amide bonds. The van der Waals surface area contributed by atoms with Crippen LogP contribution in [0.5, 0.6) is 0 Å². The zero-order valence-corrected chi connectivity index (χ0v) is 9.59. The molecule has 16 heavy (non-hydrogen) atoms. The number of H-pyrrole nitrogens is 1. The fourth-order valence-electron chi connectivity index (χ4n) is 2.14. The molecule has 1 heterocycles. The number of aryl methyl sites for hydroxylation is 2. The van der Waals surface area contributed by atoms with Crippen LogP contribution in [0, 0.1) is 6.92 Å². The van der Waals surface area contributed by atoms with Crippen LogP contribution in [0.2, 0.25) is 0 Å². The van der Waals surface area contributed by atoms with Gasteiger partial charge in [-0.3, -0.25) is 5.10 Å². The molecule has 3 nitrogen and oxygen atoms in total. The quantitative estimate of drug-likeness (QED) is 0.825. The maximum absolute atomic E-state index is 6.10. The molecule has 1 aliphatic rings. The van der Waals surface area contributed by atoms with Gasteiger partial charge in [-0.25, -0.2) is 0 Å². The Balaban J connectivity index is 1.83. The summed E-state index contributed by atoms with van der Waals surface area (Å²) in [6.45, 7) is 2.06. The highest BCUT2D eigenvalue weighted by Gasteiger charge is 2.37. The largest absolute Gasteiger partial charge is 0.325 e. The first-order valence-corrected chi connectivity index (χ1v) is 5.89. The lowest BCUT2D eigenvalue weighted by atomic mass is 10.0. The summed E-state index contributed by atoms with van der Waals surface area (Å²) in [4.78, 5) is 0. The van der Waals surface area contributed by atoms with Gasteiger partial charge in [-0.05, 0) is 50.3 Å². The Labute approximate surface area is 95.0 Å². The van der Waals surface area contributed by atoms with Crippen molar-refractivity contribution in [1.29, 1.82) is 0 Å². The molecule has 1 aliphatic carbocycles. The van der Waals surface area contributed by atoms with E-state index < -0.39 is 0 Å². The number of hydrogen-bond acceptors (Lipinski definition) is 2. The highest BCUT2D eigenvalue weighted by Crippen LogP contribution is 2.36. The number of aromatic amines is 1. The first-order chi connectivity index (χ1) is 7.66. The van der Waals surface area contributed by atoms with Crippen molar-refractivity contribution in [2.75, 3.05) is 0 Å². The van der Waals surface area contributed by atoms with Crippen LogP contribution in [0.4, 0.5) is 0 Å². The summed E-state index contributed by atoms with van der Waals surface area (Å²) < 4.78 is 0. The molecule has 3 heteroatoms. The molecule has 2 aromatic rings. The Bertz CT molecular complexity index is 523. The highest BCUT2D eigenvalue weighted by atomic mass is 15.1. The third-order valence-corrected chi connectivity index (χ3v) is 3.61. The van der Waals surface area contributed by atoms with Gasteiger partial charge in [0.2, 0.25) is 0 Å². The van der Waals surface area contributed by atoms with Gasteiger partial charge in [0.25, 0.3) is 0 Å². The van der Waals surface area contributed by atoms with E-state index in [0.29, 0.717) is 0 Å². The lowest BCUT2D eigenvalue weighted by molar-refractivity contribution is 0.609. The number of aromatic nitrogens is 2. The fourth-order valence-corrected chi connectivity index (χ4v) is 2.14. The molecule has 1 fully saturated rings. The number of nitrogens with zero attached hydrogens (tertiary/aromatic N) is 1. The zero-order valence-electron chi connectivity index (χ0n) is 9.59. The number of nitrogens with two attached hydrogens (primary N) is 1. The van der Waals surface area contributed by atoms with Crippen LogP contribution in [-0.2, 0) is 6.42 Å². The Morgan fingerprint density at radius 2 is 2.25 bits per heavy atom. The molecule has 0 radical (unpaired) electrons. The number of hydrogen-bond donors (Lipinski definition) is 2. The average Bonchev–Trinajstić information content (AvgIpc) is 2.92. The predicted molar refractivity (Wildman–Crippen MR) is 65.3 cm³/mol. The molecule has 0 unspecified atom stereocenters. The third-order valence-electron chi connectivity index (χ3n) is 3.61. The fraction of sp³-hybridized carbons (Fsp3) is 0.462. The van der Waals surface area contributed by atoms with E-state index in [9.17, 15) is 0 Å². The van der Waals surface area contributed by atoms with Crippen molar-refractivity contribution in [2.24, 2.45) is 5.73 Å². The van der Waals surface area contributed by atoms with E-state index in [1.165, 1.54) is 23.8 Å². The summed E-state index contributed by atoms with van der Waals surface area (Å²) in [5, 5.41) is 8.48. The molecule has 1 aromatic heterocycles. The molecule has 3 N–H and O–H groups in total. The minimum atomic E-state index is 0.153. The van der Waals surface area contributed by atoms with Gasteiger partial charge in [0.05, 0.1) is 5.52 Å². The van der Waals surface area contributed by atoms with Gasteiger partial charge in [0, 0.05) is 16.6 Å². The van der Waals surface area contributed by atoms with Crippen LogP contribution in [0.25, 0.3) is 10.9 Å². The van der Waals surface area contributed by atoms with Gasteiger partial charge in [-0.1, -0.05) is 6.07 Å². The number of fused-ring (bicyclic) bond motifs is 1. The molecular weight excluding hydrogens is 198 g/mol. The highest BCUT2D eigenvalue weighted by molar-refractivity contribution is 5.81. The second-order valence-electron chi connectivity index (χ2n) is 5.06. The Hall–Kier alpha value is -1.35. The number of nitrogens with one attached hydrogen (secondary N) is 1. The molecule has 0 bridgehead atoms. The third kappa shape index (κ3) is 1.71. The molecule has 3 rings (SSSR count).